The van der Waals surface area contributed by atoms with Crippen molar-refractivity contribution in [2.24, 2.45) is 7.05 Å². The third kappa shape index (κ3) is 2.59. The highest BCUT2D eigenvalue weighted by Crippen LogP contribution is 2.29. The topological polar surface area (TPSA) is 61.0 Å². The zero-order chi connectivity index (χ0) is 13.1. The van der Waals surface area contributed by atoms with Crippen molar-refractivity contribution in [3.63, 3.8) is 0 Å². The Balaban J connectivity index is 2.24. The minimum atomic E-state index is -0.444. The lowest BCUT2D eigenvalue weighted by Gasteiger charge is -2.09. The van der Waals surface area contributed by atoms with Crippen molar-refractivity contribution in [2.75, 3.05) is 0 Å². The van der Waals surface area contributed by atoms with Crippen LogP contribution in [0.25, 0.3) is 0 Å². The average molecular weight is 310 g/mol. The molecule has 1 unspecified atom stereocenters. The van der Waals surface area contributed by atoms with Crippen molar-refractivity contribution >= 4 is 21.7 Å². The minimum Gasteiger partial charge on any atom is -0.358 e. The van der Waals surface area contributed by atoms with E-state index in [-0.39, 0.29) is 10.6 Å². The second-order valence-electron chi connectivity index (χ2n) is 3.97. The summed E-state index contributed by atoms with van der Waals surface area (Å²) in [5, 5.41) is 10.9. The summed E-state index contributed by atoms with van der Waals surface area (Å²) >= 11 is 3.56. The van der Waals surface area contributed by atoms with Crippen LogP contribution in [-0.4, -0.2) is 14.5 Å². The molecule has 0 aliphatic heterocycles. The van der Waals surface area contributed by atoms with Gasteiger partial charge in [-0.3, -0.25) is 0 Å². The van der Waals surface area contributed by atoms with Gasteiger partial charge in [-0.25, -0.2) is 0 Å². The van der Waals surface area contributed by atoms with Gasteiger partial charge in [0.05, 0.1) is 0 Å². The number of nitrogens with zero attached hydrogens (tertiary/aromatic N) is 3. The molecule has 1 aromatic carbocycles. The van der Waals surface area contributed by atoms with E-state index >= 15 is 0 Å². The number of hydrogen-bond acceptors (Lipinski definition) is 3. The molecule has 1 atom stereocenters. The number of halogens is 1. The number of nitro groups is 1. The van der Waals surface area contributed by atoms with E-state index in [1.165, 1.54) is 6.33 Å². The lowest BCUT2D eigenvalue weighted by atomic mass is 10.1. The fourth-order valence-corrected chi connectivity index (χ4v) is 2.39. The summed E-state index contributed by atoms with van der Waals surface area (Å²) in [6.45, 7) is 0. The molecule has 2 aromatic rings. The summed E-state index contributed by atoms with van der Waals surface area (Å²) in [6, 6.07) is 9.81. The Kier molecular flexibility index (Phi) is 3.76. The van der Waals surface area contributed by atoms with Crippen LogP contribution in [0.2, 0.25) is 0 Å². The predicted molar refractivity (Wildman–Crippen MR) is 71.7 cm³/mol. The van der Waals surface area contributed by atoms with Crippen LogP contribution in [0.3, 0.4) is 0 Å². The molecule has 5 nitrogen and oxygen atoms in total. The molecule has 0 radical (unpaired) electrons. The molecule has 94 valence electrons. The van der Waals surface area contributed by atoms with Crippen molar-refractivity contribution in [3.05, 3.63) is 58.0 Å². The number of hydrogen-bond donors (Lipinski definition) is 0. The molecule has 0 amide bonds. The van der Waals surface area contributed by atoms with Gasteiger partial charge >= 0.3 is 5.82 Å². The van der Waals surface area contributed by atoms with E-state index in [9.17, 15) is 10.1 Å². The van der Waals surface area contributed by atoms with E-state index in [1.54, 1.807) is 11.6 Å². The van der Waals surface area contributed by atoms with Crippen LogP contribution in [-0.2, 0) is 13.5 Å². The molecule has 0 spiro atoms. The normalized spacial score (nSPS) is 12.3. The first kappa shape index (κ1) is 12.8. The molecule has 0 aliphatic carbocycles. The lowest BCUT2D eigenvalue weighted by Crippen LogP contribution is -2.04. The van der Waals surface area contributed by atoms with E-state index in [0.29, 0.717) is 12.1 Å². The van der Waals surface area contributed by atoms with Gasteiger partial charge in [-0.15, -0.1) is 0 Å². The zero-order valence-electron chi connectivity index (χ0n) is 9.78. The average Bonchev–Trinajstić information content (AvgIpc) is 2.72. The number of imidazole rings is 1. The summed E-state index contributed by atoms with van der Waals surface area (Å²) in [4.78, 5) is 14.3. The maximum atomic E-state index is 10.9. The highest BCUT2D eigenvalue weighted by Gasteiger charge is 2.22. The maximum Gasteiger partial charge on any atom is 0.384 e. The first-order valence-electron chi connectivity index (χ1n) is 5.43. The Morgan fingerprint density at radius 1 is 1.44 bits per heavy atom. The van der Waals surface area contributed by atoms with Gasteiger partial charge in [0.2, 0.25) is 6.33 Å². The van der Waals surface area contributed by atoms with Crippen LogP contribution in [0.5, 0.6) is 0 Å². The summed E-state index contributed by atoms with van der Waals surface area (Å²) < 4.78 is 1.69. The molecular weight excluding hydrogens is 298 g/mol. The summed E-state index contributed by atoms with van der Waals surface area (Å²) in [5.41, 5.74) is 1.71. The maximum absolute atomic E-state index is 10.9. The van der Waals surface area contributed by atoms with Crippen LogP contribution < -0.4 is 0 Å². The Morgan fingerprint density at radius 2 is 2.11 bits per heavy atom. The van der Waals surface area contributed by atoms with Crippen molar-refractivity contribution in [1.29, 1.82) is 0 Å². The molecule has 0 bridgehead atoms. The highest BCUT2D eigenvalue weighted by atomic mass is 79.9. The molecule has 0 saturated heterocycles. The van der Waals surface area contributed by atoms with Gasteiger partial charge in [0.15, 0.2) is 0 Å². The Hall–Kier alpha value is -1.69. The first-order valence-corrected chi connectivity index (χ1v) is 6.34. The van der Waals surface area contributed by atoms with Crippen molar-refractivity contribution in [1.82, 2.24) is 9.55 Å². The molecule has 0 N–H and O–H groups in total. The molecule has 0 aliphatic rings. The molecule has 2 rings (SSSR count). The second-order valence-corrected chi connectivity index (χ2v) is 5.07. The number of rotatable bonds is 4. The van der Waals surface area contributed by atoms with Crippen LogP contribution in [0.15, 0.2) is 36.7 Å². The number of aryl methyl sites for hydroxylation is 1. The largest absolute Gasteiger partial charge is 0.384 e. The Labute approximate surface area is 113 Å². The van der Waals surface area contributed by atoms with Gasteiger partial charge < -0.3 is 14.7 Å². The van der Waals surface area contributed by atoms with E-state index in [0.717, 1.165) is 5.56 Å². The van der Waals surface area contributed by atoms with Crippen molar-refractivity contribution in [2.45, 2.75) is 11.2 Å². The van der Waals surface area contributed by atoms with Crippen LogP contribution in [0.1, 0.15) is 16.1 Å². The van der Waals surface area contributed by atoms with Crippen LogP contribution >= 0.6 is 15.9 Å². The van der Waals surface area contributed by atoms with Crippen molar-refractivity contribution in [3.8, 4) is 0 Å². The Bertz CT molecular complexity index is 554. The van der Waals surface area contributed by atoms with E-state index in [4.69, 9.17) is 0 Å². The van der Waals surface area contributed by atoms with E-state index in [2.05, 4.69) is 20.9 Å². The van der Waals surface area contributed by atoms with Gasteiger partial charge in [0.1, 0.15) is 5.69 Å². The van der Waals surface area contributed by atoms with Gasteiger partial charge in [-0.2, -0.15) is 0 Å². The summed E-state index contributed by atoms with van der Waals surface area (Å²) in [5.74, 6) is -0.0714. The fraction of sp³-hybridized carbons (Fsp3) is 0.250. The van der Waals surface area contributed by atoms with Gasteiger partial charge in [-0.05, 0) is 15.5 Å². The molecule has 6 heteroatoms. The quantitative estimate of drug-likeness (QED) is 0.495. The van der Waals surface area contributed by atoms with Gasteiger partial charge in [0.25, 0.3) is 0 Å². The molecule has 0 fully saturated rings. The fourth-order valence-electron chi connectivity index (χ4n) is 1.78. The standard InChI is InChI=1S/C12H12BrN3O2/c1-15-8-14-12(16(17)18)11(15)7-10(13)9-5-3-2-4-6-9/h2-6,8,10H,7H2,1H3. The third-order valence-corrected chi connectivity index (χ3v) is 3.60. The monoisotopic (exact) mass is 309 g/mol. The number of aromatic nitrogens is 2. The second kappa shape index (κ2) is 5.30. The van der Waals surface area contributed by atoms with Gasteiger partial charge in [0, 0.05) is 18.3 Å². The van der Waals surface area contributed by atoms with E-state index < -0.39 is 4.92 Å². The van der Waals surface area contributed by atoms with Gasteiger partial charge in [-0.1, -0.05) is 46.3 Å². The Morgan fingerprint density at radius 3 is 2.72 bits per heavy atom. The van der Waals surface area contributed by atoms with Crippen LogP contribution in [0.4, 0.5) is 5.82 Å². The van der Waals surface area contributed by atoms with Crippen LogP contribution in [0, 0.1) is 10.1 Å². The number of benzene rings is 1. The molecule has 1 heterocycles. The highest BCUT2D eigenvalue weighted by molar-refractivity contribution is 9.09. The summed E-state index contributed by atoms with van der Waals surface area (Å²) in [7, 11) is 1.76. The molecular formula is C12H12BrN3O2. The smallest absolute Gasteiger partial charge is 0.358 e. The minimum absolute atomic E-state index is 0.0350. The molecule has 18 heavy (non-hydrogen) atoms. The molecule has 1 aromatic heterocycles. The third-order valence-electron chi connectivity index (χ3n) is 2.74. The van der Waals surface area contributed by atoms with Crippen molar-refractivity contribution < 1.29 is 4.92 Å². The number of alkyl halides is 1. The van der Waals surface area contributed by atoms with E-state index in [1.807, 2.05) is 30.3 Å². The first-order chi connectivity index (χ1) is 8.59. The molecule has 0 saturated carbocycles. The lowest BCUT2D eigenvalue weighted by molar-refractivity contribution is -0.390. The summed E-state index contributed by atoms with van der Waals surface area (Å²) in [6.07, 6.45) is 2.00. The predicted octanol–water partition coefficient (Wildman–Crippen LogP) is 3.01. The SMILES string of the molecule is Cn1cnc([N+](=O)[O-])c1CC(Br)c1ccccc1. The zero-order valence-corrected chi connectivity index (χ0v) is 11.4.